The van der Waals surface area contributed by atoms with Crippen molar-refractivity contribution in [2.24, 2.45) is 5.92 Å². The molecule has 0 saturated heterocycles. The molecule has 1 amide bonds. The van der Waals surface area contributed by atoms with Gasteiger partial charge in [-0.3, -0.25) is 4.79 Å². The summed E-state index contributed by atoms with van der Waals surface area (Å²) in [5, 5.41) is 11.7. The Morgan fingerprint density at radius 2 is 2.15 bits per heavy atom. The second-order valence-corrected chi connectivity index (χ2v) is 5.14. The average Bonchev–Trinajstić information content (AvgIpc) is 2.84. The van der Waals surface area contributed by atoms with Gasteiger partial charge in [0.1, 0.15) is 6.04 Å². The van der Waals surface area contributed by atoms with E-state index in [-0.39, 0.29) is 5.92 Å². The molecule has 0 bridgehead atoms. The zero-order valence-corrected chi connectivity index (χ0v) is 11.4. The number of carboxylic acids is 1. The first-order chi connectivity index (χ1) is 9.47. The fourth-order valence-corrected chi connectivity index (χ4v) is 1.99. The third-order valence-corrected chi connectivity index (χ3v) is 2.98. The third kappa shape index (κ3) is 3.14. The Bertz CT molecular complexity index is 633. The van der Waals surface area contributed by atoms with Gasteiger partial charge in [0.15, 0.2) is 0 Å². The van der Waals surface area contributed by atoms with E-state index in [0.717, 1.165) is 5.52 Å². The monoisotopic (exact) mass is 275 g/mol. The number of rotatable bonds is 5. The quantitative estimate of drug-likeness (QED) is 0.867. The van der Waals surface area contributed by atoms with Crippen LogP contribution in [0, 0.1) is 5.92 Å². The average molecular weight is 275 g/mol. The lowest BCUT2D eigenvalue weighted by Gasteiger charge is -2.16. The Hall–Kier alpha value is -2.37. The predicted molar refractivity (Wildman–Crippen MR) is 73.5 cm³/mol. The number of fused-ring (bicyclic) bond motifs is 1. The maximum Gasteiger partial charge on any atom is 0.326 e. The predicted octanol–water partition coefficient (Wildman–Crippen LogP) is 1.56. The highest BCUT2D eigenvalue weighted by molar-refractivity contribution is 5.96. The van der Waals surface area contributed by atoms with Gasteiger partial charge in [-0.25, -0.2) is 9.78 Å². The number of aliphatic carboxylic acids is 1. The van der Waals surface area contributed by atoms with Crippen LogP contribution in [0.15, 0.2) is 30.9 Å². The van der Waals surface area contributed by atoms with Crippen LogP contribution >= 0.6 is 0 Å². The maximum atomic E-state index is 12.1. The van der Waals surface area contributed by atoms with Gasteiger partial charge in [-0.05, 0) is 24.5 Å². The molecule has 0 aliphatic rings. The number of nitrogens with one attached hydrogen (secondary N) is 1. The Morgan fingerprint density at radius 3 is 2.80 bits per heavy atom. The normalized spacial score (nSPS) is 12.6. The standard InChI is InChI=1S/C14H17N3O3/c1-9(2)5-12(14(19)20)16-13(18)10-3-4-11-6-15-8-17(11)7-10/h3-4,6-9,12H,5H2,1-2H3,(H,16,18)(H,19,20)/t12-/m1/s1. The number of amides is 1. The molecule has 0 fully saturated rings. The molecule has 2 aromatic rings. The Morgan fingerprint density at radius 1 is 1.40 bits per heavy atom. The van der Waals surface area contributed by atoms with E-state index in [1.165, 1.54) is 0 Å². The van der Waals surface area contributed by atoms with Crippen molar-refractivity contribution in [3.8, 4) is 0 Å². The number of nitrogens with zero attached hydrogens (tertiary/aromatic N) is 2. The van der Waals surface area contributed by atoms with Gasteiger partial charge in [0.05, 0.1) is 23.6 Å². The van der Waals surface area contributed by atoms with Crippen LogP contribution in [0.3, 0.4) is 0 Å². The van der Waals surface area contributed by atoms with E-state index >= 15 is 0 Å². The molecule has 6 nitrogen and oxygen atoms in total. The minimum Gasteiger partial charge on any atom is -0.480 e. The number of aromatic nitrogens is 2. The van der Waals surface area contributed by atoms with Gasteiger partial charge in [-0.1, -0.05) is 13.8 Å². The molecule has 1 atom stereocenters. The molecule has 6 heteroatoms. The van der Waals surface area contributed by atoms with E-state index in [9.17, 15) is 9.59 Å². The van der Waals surface area contributed by atoms with Crippen molar-refractivity contribution in [2.45, 2.75) is 26.3 Å². The first-order valence-electron chi connectivity index (χ1n) is 6.42. The largest absolute Gasteiger partial charge is 0.480 e. The van der Waals surface area contributed by atoms with E-state index in [0.29, 0.717) is 12.0 Å². The fraction of sp³-hybridized carbons (Fsp3) is 0.357. The van der Waals surface area contributed by atoms with Crippen LogP contribution in [0.4, 0.5) is 0 Å². The number of carbonyl (C=O) groups is 2. The van der Waals surface area contributed by atoms with Gasteiger partial charge < -0.3 is 14.8 Å². The van der Waals surface area contributed by atoms with Gasteiger partial charge in [0.25, 0.3) is 5.91 Å². The van der Waals surface area contributed by atoms with Crippen LogP contribution in [0.1, 0.15) is 30.6 Å². The van der Waals surface area contributed by atoms with Gasteiger partial charge in [-0.2, -0.15) is 0 Å². The number of imidazole rings is 1. The zero-order valence-electron chi connectivity index (χ0n) is 11.4. The van der Waals surface area contributed by atoms with Crippen LogP contribution in [-0.4, -0.2) is 32.4 Å². The van der Waals surface area contributed by atoms with Crippen LogP contribution in [-0.2, 0) is 4.79 Å². The maximum absolute atomic E-state index is 12.1. The Kier molecular flexibility index (Phi) is 4.02. The van der Waals surface area contributed by atoms with E-state index in [4.69, 9.17) is 5.11 Å². The molecule has 106 valence electrons. The topological polar surface area (TPSA) is 83.7 Å². The number of carbonyl (C=O) groups excluding carboxylic acids is 1. The molecule has 2 aromatic heterocycles. The van der Waals surface area contributed by atoms with E-state index < -0.39 is 17.9 Å². The molecule has 0 spiro atoms. The summed E-state index contributed by atoms with van der Waals surface area (Å²) in [5.41, 5.74) is 1.28. The highest BCUT2D eigenvalue weighted by atomic mass is 16.4. The first-order valence-corrected chi connectivity index (χ1v) is 6.42. The minimum atomic E-state index is -1.02. The van der Waals surface area contributed by atoms with E-state index in [1.807, 2.05) is 13.8 Å². The third-order valence-electron chi connectivity index (χ3n) is 2.98. The van der Waals surface area contributed by atoms with Crippen molar-refractivity contribution in [2.75, 3.05) is 0 Å². The van der Waals surface area contributed by atoms with Crippen molar-refractivity contribution in [1.82, 2.24) is 14.7 Å². The summed E-state index contributed by atoms with van der Waals surface area (Å²) in [6.45, 7) is 3.83. The molecule has 0 radical (unpaired) electrons. The summed E-state index contributed by atoms with van der Waals surface area (Å²) in [4.78, 5) is 27.2. The number of hydrogen-bond acceptors (Lipinski definition) is 3. The Balaban J connectivity index is 2.15. The number of hydrogen-bond donors (Lipinski definition) is 2. The zero-order chi connectivity index (χ0) is 14.7. The van der Waals surface area contributed by atoms with Gasteiger partial charge >= 0.3 is 5.97 Å². The molecule has 0 aliphatic carbocycles. The van der Waals surface area contributed by atoms with Crippen molar-refractivity contribution < 1.29 is 14.7 Å². The summed E-state index contributed by atoms with van der Waals surface area (Å²) in [7, 11) is 0. The van der Waals surface area contributed by atoms with Crippen LogP contribution in [0.2, 0.25) is 0 Å². The molecule has 2 N–H and O–H groups in total. The van der Waals surface area contributed by atoms with E-state index in [1.54, 1.807) is 35.3 Å². The summed E-state index contributed by atoms with van der Waals surface area (Å²) in [5.74, 6) is -1.23. The lowest BCUT2D eigenvalue weighted by atomic mass is 10.0. The molecule has 0 saturated carbocycles. The highest BCUT2D eigenvalue weighted by Gasteiger charge is 2.21. The second kappa shape index (κ2) is 5.73. The number of pyridine rings is 1. The van der Waals surface area contributed by atoms with Crippen molar-refractivity contribution in [1.29, 1.82) is 0 Å². The summed E-state index contributed by atoms with van der Waals surface area (Å²) >= 11 is 0. The SMILES string of the molecule is CC(C)C[C@@H](NC(=O)c1ccc2cncn2c1)C(=O)O. The van der Waals surface area contributed by atoms with Gasteiger partial charge in [0, 0.05) is 6.20 Å². The lowest BCUT2D eigenvalue weighted by Crippen LogP contribution is -2.41. The van der Waals surface area contributed by atoms with E-state index in [2.05, 4.69) is 10.3 Å². The van der Waals surface area contributed by atoms with Crippen LogP contribution in [0.25, 0.3) is 5.52 Å². The highest BCUT2D eigenvalue weighted by Crippen LogP contribution is 2.09. The second-order valence-electron chi connectivity index (χ2n) is 5.14. The minimum absolute atomic E-state index is 0.188. The lowest BCUT2D eigenvalue weighted by molar-refractivity contribution is -0.139. The van der Waals surface area contributed by atoms with Crippen molar-refractivity contribution >= 4 is 17.4 Å². The number of carboxylic acid groups (broad SMARTS) is 1. The molecule has 2 rings (SSSR count). The molecule has 2 heterocycles. The van der Waals surface area contributed by atoms with Crippen LogP contribution < -0.4 is 5.32 Å². The smallest absolute Gasteiger partial charge is 0.326 e. The van der Waals surface area contributed by atoms with Crippen molar-refractivity contribution in [3.05, 3.63) is 36.4 Å². The first kappa shape index (κ1) is 14.0. The Labute approximate surface area is 116 Å². The summed E-state index contributed by atoms with van der Waals surface area (Å²) < 4.78 is 1.72. The molecule has 0 aliphatic heterocycles. The summed E-state index contributed by atoms with van der Waals surface area (Å²) in [6, 6.07) is 2.54. The van der Waals surface area contributed by atoms with Crippen molar-refractivity contribution in [3.63, 3.8) is 0 Å². The van der Waals surface area contributed by atoms with Gasteiger partial charge in [0.2, 0.25) is 0 Å². The summed E-state index contributed by atoms with van der Waals surface area (Å²) in [6.07, 6.45) is 5.30. The molecule has 0 unspecified atom stereocenters. The van der Waals surface area contributed by atoms with Gasteiger partial charge in [-0.15, -0.1) is 0 Å². The van der Waals surface area contributed by atoms with Crippen LogP contribution in [0.5, 0.6) is 0 Å². The molecular formula is C14H17N3O3. The molecule has 0 aromatic carbocycles. The molecule has 20 heavy (non-hydrogen) atoms. The molecular weight excluding hydrogens is 258 g/mol. The fourth-order valence-electron chi connectivity index (χ4n) is 1.99.